The third kappa shape index (κ3) is 2.26. The zero-order valence-electron chi connectivity index (χ0n) is 12.4. The lowest BCUT2D eigenvalue weighted by molar-refractivity contribution is -0.133. The minimum absolute atomic E-state index is 0.132. The Kier molecular flexibility index (Phi) is 3.50. The molecule has 0 unspecified atom stereocenters. The van der Waals surface area contributed by atoms with Crippen LogP contribution >= 0.6 is 0 Å². The van der Waals surface area contributed by atoms with Crippen LogP contribution in [-0.4, -0.2) is 39.9 Å². The Bertz CT molecular complexity index is 545. The van der Waals surface area contributed by atoms with E-state index in [0.29, 0.717) is 24.5 Å². The number of amides is 2. The van der Waals surface area contributed by atoms with Gasteiger partial charge in [-0.15, -0.1) is 0 Å². The predicted octanol–water partition coefficient (Wildman–Crippen LogP) is 1.00. The van der Waals surface area contributed by atoms with Crippen molar-refractivity contribution in [2.75, 3.05) is 18.8 Å². The molecule has 6 heteroatoms. The molecular weight excluding hydrogens is 256 g/mol. The lowest BCUT2D eigenvalue weighted by atomic mass is 9.98. The zero-order valence-corrected chi connectivity index (χ0v) is 12.4. The summed E-state index contributed by atoms with van der Waals surface area (Å²) in [6.07, 6.45) is 1.76. The Morgan fingerprint density at radius 1 is 1.45 bits per heavy atom. The topological polar surface area (TPSA) is 80.4 Å². The molecule has 0 aliphatic carbocycles. The summed E-state index contributed by atoms with van der Waals surface area (Å²) in [4.78, 5) is 26.3. The molecule has 0 atom stereocenters. The molecular formula is C14H22N4O2. The monoisotopic (exact) mass is 278 g/mol. The molecule has 0 aromatic carbocycles. The van der Waals surface area contributed by atoms with Crippen LogP contribution in [0.2, 0.25) is 0 Å². The van der Waals surface area contributed by atoms with Gasteiger partial charge in [0.15, 0.2) is 0 Å². The van der Waals surface area contributed by atoms with E-state index in [1.165, 1.54) is 0 Å². The average Bonchev–Trinajstić information content (AvgIpc) is 2.74. The van der Waals surface area contributed by atoms with Gasteiger partial charge in [0, 0.05) is 25.3 Å². The standard InChI is InChI=1S/C14H22N4O2/c1-9(2)17-8-10(15)7-11(17)12(19)18-6-5-16-13(20)14(18,3)4/h7-9H,5-6,15H2,1-4H3,(H,16,20). The van der Waals surface area contributed by atoms with E-state index >= 15 is 0 Å². The van der Waals surface area contributed by atoms with E-state index in [2.05, 4.69) is 5.32 Å². The molecule has 0 saturated carbocycles. The second-order valence-electron chi connectivity index (χ2n) is 5.93. The van der Waals surface area contributed by atoms with Gasteiger partial charge in [-0.1, -0.05) is 0 Å². The van der Waals surface area contributed by atoms with Gasteiger partial charge in [0.05, 0.1) is 5.69 Å². The highest BCUT2D eigenvalue weighted by Crippen LogP contribution is 2.24. The number of hydrogen-bond acceptors (Lipinski definition) is 3. The van der Waals surface area contributed by atoms with E-state index < -0.39 is 5.54 Å². The normalized spacial score (nSPS) is 18.2. The lowest BCUT2D eigenvalue weighted by Gasteiger charge is -2.41. The van der Waals surface area contributed by atoms with Crippen molar-refractivity contribution in [2.45, 2.75) is 39.3 Å². The van der Waals surface area contributed by atoms with E-state index in [1.54, 1.807) is 31.0 Å². The summed E-state index contributed by atoms with van der Waals surface area (Å²) in [5.41, 5.74) is 6.04. The fourth-order valence-electron chi connectivity index (χ4n) is 2.49. The first-order valence-corrected chi connectivity index (χ1v) is 6.82. The number of carbonyl (C=O) groups is 2. The van der Waals surface area contributed by atoms with Gasteiger partial charge in [0.2, 0.25) is 5.91 Å². The molecule has 3 N–H and O–H groups in total. The molecule has 1 saturated heterocycles. The number of nitrogen functional groups attached to an aromatic ring is 1. The van der Waals surface area contributed by atoms with Crippen molar-refractivity contribution in [2.24, 2.45) is 0 Å². The Morgan fingerprint density at radius 2 is 2.10 bits per heavy atom. The molecule has 1 aromatic heterocycles. The number of aromatic nitrogens is 1. The van der Waals surface area contributed by atoms with E-state index in [9.17, 15) is 9.59 Å². The Morgan fingerprint density at radius 3 is 2.70 bits per heavy atom. The summed E-state index contributed by atoms with van der Waals surface area (Å²) in [5, 5.41) is 2.79. The minimum atomic E-state index is -0.851. The van der Waals surface area contributed by atoms with Crippen molar-refractivity contribution in [3.05, 3.63) is 18.0 Å². The van der Waals surface area contributed by atoms with Gasteiger partial charge >= 0.3 is 0 Å². The first-order valence-electron chi connectivity index (χ1n) is 6.82. The third-order valence-electron chi connectivity index (χ3n) is 3.74. The molecule has 2 amide bonds. The van der Waals surface area contributed by atoms with Crippen LogP contribution in [0.25, 0.3) is 0 Å². The molecule has 1 aliphatic rings. The summed E-state index contributed by atoms with van der Waals surface area (Å²) >= 11 is 0. The largest absolute Gasteiger partial charge is 0.397 e. The molecule has 0 spiro atoms. The number of hydrogen-bond donors (Lipinski definition) is 2. The first kappa shape index (κ1) is 14.4. The van der Waals surface area contributed by atoms with Crippen molar-refractivity contribution in [1.29, 1.82) is 0 Å². The quantitative estimate of drug-likeness (QED) is 0.847. The van der Waals surface area contributed by atoms with Gasteiger partial charge in [-0.3, -0.25) is 9.59 Å². The molecule has 1 fully saturated rings. The molecule has 0 radical (unpaired) electrons. The fourth-order valence-corrected chi connectivity index (χ4v) is 2.49. The summed E-state index contributed by atoms with van der Waals surface area (Å²) in [6.45, 7) is 8.47. The molecule has 1 aromatic rings. The number of nitrogens with one attached hydrogen (secondary N) is 1. The fraction of sp³-hybridized carbons (Fsp3) is 0.571. The molecule has 110 valence electrons. The van der Waals surface area contributed by atoms with Crippen LogP contribution in [0.4, 0.5) is 5.69 Å². The molecule has 6 nitrogen and oxygen atoms in total. The number of rotatable bonds is 2. The van der Waals surface area contributed by atoms with E-state index in [4.69, 9.17) is 5.73 Å². The van der Waals surface area contributed by atoms with Crippen LogP contribution in [0, 0.1) is 0 Å². The molecule has 1 aliphatic heterocycles. The van der Waals surface area contributed by atoms with Crippen LogP contribution in [-0.2, 0) is 4.79 Å². The third-order valence-corrected chi connectivity index (χ3v) is 3.74. The maximum absolute atomic E-state index is 12.8. The van der Waals surface area contributed by atoms with Crippen LogP contribution in [0.5, 0.6) is 0 Å². The van der Waals surface area contributed by atoms with Crippen molar-refractivity contribution < 1.29 is 9.59 Å². The average molecular weight is 278 g/mol. The highest BCUT2D eigenvalue weighted by atomic mass is 16.2. The van der Waals surface area contributed by atoms with Crippen molar-refractivity contribution in [3.8, 4) is 0 Å². The molecule has 2 rings (SSSR count). The molecule has 2 heterocycles. The number of anilines is 1. The SMILES string of the molecule is CC(C)n1cc(N)cc1C(=O)N1CCNC(=O)C1(C)C. The van der Waals surface area contributed by atoms with Crippen LogP contribution < -0.4 is 11.1 Å². The van der Waals surface area contributed by atoms with Crippen LogP contribution in [0.15, 0.2) is 12.3 Å². The summed E-state index contributed by atoms with van der Waals surface area (Å²) in [7, 11) is 0. The number of nitrogens with two attached hydrogens (primary N) is 1. The van der Waals surface area contributed by atoms with Gasteiger partial charge < -0.3 is 20.5 Å². The Hall–Kier alpha value is -1.98. The molecule has 0 bridgehead atoms. The van der Waals surface area contributed by atoms with E-state index in [-0.39, 0.29) is 17.9 Å². The Balaban J connectivity index is 2.38. The summed E-state index contributed by atoms with van der Waals surface area (Å²) in [6, 6.07) is 1.80. The lowest BCUT2D eigenvalue weighted by Crippen LogP contribution is -2.63. The maximum Gasteiger partial charge on any atom is 0.271 e. The van der Waals surface area contributed by atoms with Crippen LogP contribution in [0.1, 0.15) is 44.2 Å². The second-order valence-corrected chi connectivity index (χ2v) is 5.93. The second kappa shape index (κ2) is 4.85. The Labute approximate surface area is 118 Å². The predicted molar refractivity (Wildman–Crippen MR) is 77.4 cm³/mol. The van der Waals surface area contributed by atoms with Gasteiger partial charge in [-0.2, -0.15) is 0 Å². The number of nitrogens with zero attached hydrogens (tertiary/aromatic N) is 2. The van der Waals surface area contributed by atoms with Gasteiger partial charge in [-0.05, 0) is 33.8 Å². The van der Waals surface area contributed by atoms with Crippen molar-refractivity contribution in [1.82, 2.24) is 14.8 Å². The summed E-state index contributed by atoms with van der Waals surface area (Å²) in [5.74, 6) is -0.289. The van der Waals surface area contributed by atoms with Gasteiger partial charge in [0.25, 0.3) is 5.91 Å². The summed E-state index contributed by atoms with van der Waals surface area (Å²) < 4.78 is 1.85. The van der Waals surface area contributed by atoms with Crippen LogP contribution in [0.3, 0.4) is 0 Å². The van der Waals surface area contributed by atoms with E-state index in [0.717, 1.165) is 0 Å². The highest BCUT2D eigenvalue weighted by molar-refractivity contribution is 5.99. The van der Waals surface area contributed by atoms with Crippen molar-refractivity contribution >= 4 is 17.5 Å². The highest BCUT2D eigenvalue weighted by Gasteiger charge is 2.41. The number of piperazine rings is 1. The van der Waals surface area contributed by atoms with Crippen molar-refractivity contribution in [3.63, 3.8) is 0 Å². The smallest absolute Gasteiger partial charge is 0.271 e. The maximum atomic E-state index is 12.8. The van der Waals surface area contributed by atoms with Gasteiger partial charge in [-0.25, -0.2) is 0 Å². The first-order chi connectivity index (χ1) is 9.25. The van der Waals surface area contributed by atoms with Gasteiger partial charge in [0.1, 0.15) is 11.2 Å². The minimum Gasteiger partial charge on any atom is -0.397 e. The molecule has 20 heavy (non-hydrogen) atoms. The zero-order chi connectivity index (χ0) is 15.1. The number of carbonyl (C=O) groups excluding carboxylic acids is 2. The van der Waals surface area contributed by atoms with E-state index in [1.807, 2.05) is 18.4 Å².